The van der Waals surface area contributed by atoms with Gasteiger partial charge in [0.15, 0.2) is 6.61 Å². The van der Waals surface area contributed by atoms with Crippen molar-refractivity contribution in [1.29, 1.82) is 0 Å². The number of hydrogen-bond donors (Lipinski definition) is 2. The first-order valence-corrected chi connectivity index (χ1v) is 11.4. The first kappa shape index (κ1) is 22.2. The van der Waals surface area contributed by atoms with Crippen LogP contribution >= 0.6 is 0 Å². The van der Waals surface area contributed by atoms with Crippen LogP contribution in [0.5, 0.6) is 0 Å². The van der Waals surface area contributed by atoms with E-state index in [9.17, 15) is 22.4 Å². The normalized spacial score (nSPS) is 11.3. The SMILES string of the molecule is Cc1cc(S(=O)(=O)Nc2ccccc2C(=O)OCC(=O)c2c[nH]c3ccccc23)ccc1F. The van der Waals surface area contributed by atoms with E-state index in [1.54, 1.807) is 24.4 Å². The maximum atomic E-state index is 13.5. The topological polar surface area (TPSA) is 105 Å². The number of aromatic amines is 1. The van der Waals surface area contributed by atoms with Crippen LogP contribution in [-0.4, -0.2) is 31.8 Å². The highest BCUT2D eigenvalue weighted by molar-refractivity contribution is 7.92. The van der Waals surface area contributed by atoms with Crippen LogP contribution in [0.4, 0.5) is 10.1 Å². The Morgan fingerprint density at radius 1 is 1.00 bits per heavy atom. The molecular formula is C24H19FN2O5S. The fourth-order valence-corrected chi connectivity index (χ4v) is 4.49. The largest absolute Gasteiger partial charge is 0.454 e. The molecule has 0 saturated carbocycles. The smallest absolute Gasteiger partial charge is 0.340 e. The number of benzene rings is 3. The maximum absolute atomic E-state index is 13.5. The summed E-state index contributed by atoms with van der Waals surface area (Å²) in [6.07, 6.45) is 1.55. The Morgan fingerprint density at radius 2 is 1.73 bits per heavy atom. The number of nitrogens with one attached hydrogen (secondary N) is 2. The Balaban J connectivity index is 1.51. The van der Waals surface area contributed by atoms with Crippen LogP contribution in [0.1, 0.15) is 26.3 Å². The number of para-hydroxylation sites is 2. The van der Waals surface area contributed by atoms with E-state index in [-0.39, 0.29) is 21.7 Å². The van der Waals surface area contributed by atoms with Gasteiger partial charge in [0.2, 0.25) is 5.78 Å². The minimum absolute atomic E-state index is 0.0241. The van der Waals surface area contributed by atoms with Crippen molar-refractivity contribution in [3.63, 3.8) is 0 Å². The molecule has 3 aromatic carbocycles. The molecule has 33 heavy (non-hydrogen) atoms. The molecule has 7 nitrogen and oxygen atoms in total. The number of esters is 1. The van der Waals surface area contributed by atoms with Gasteiger partial charge in [0.25, 0.3) is 10.0 Å². The van der Waals surface area contributed by atoms with E-state index in [0.717, 1.165) is 17.6 Å². The molecule has 0 unspecified atom stereocenters. The van der Waals surface area contributed by atoms with Gasteiger partial charge in [0.05, 0.1) is 16.1 Å². The van der Waals surface area contributed by atoms with Crippen molar-refractivity contribution in [1.82, 2.24) is 4.98 Å². The van der Waals surface area contributed by atoms with Gasteiger partial charge in [0, 0.05) is 22.7 Å². The average molecular weight is 466 g/mol. The van der Waals surface area contributed by atoms with Gasteiger partial charge in [-0.3, -0.25) is 9.52 Å². The van der Waals surface area contributed by atoms with Gasteiger partial charge in [0.1, 0.15) is 5.82 Å². The van der Waals surface area contributed by atoms with Gasteiger partial charge < -0.3 is 9.72 Å². The average Bonchev–Trinajstić information content (AvgIpc) is 3.23. The number of ketones is 1. The molecular weight excluding hydrogens is 447 g/mol. The summed E-state index contributed by atoms with van der Waals surface area (Å²) >= 11 is 0. The van der Waals surface area contributed by atoms with E-state index in [1.165, 1.54) is 31.2 Å². The lowest BCUT2D eigenvalue weighted by atomic mass is 10.1. The van der Waals surface area contributed by atoms with Crippen molar-refractivity contribution in [3.8, 4) is 0 Å². The lowest BCUT2D eigenvalue weighted by molar-refractivity contribution is 0.0476. The van der Waals surface area contributed by atoms with E-state index in [0.29, 0.717) is 10.9 Å². The number of anilines is 1. The number of ether oxygens (including phenoxy) is 1. The van der Waals surface area contributed by atoms with Crippen LogP contribution in [0.2, 0.25) is 0 Å². The molecule has 168 valence electrons. The molecule has 0 saturated heterocycles. The maximum Gasteiger partial charge on any atom is 0.340 e. The van der Waals surface area contributed by atoms with Crippen LogP contribution in [0.15, 0.2) is 77.8 Å². The minimum atomic E-state index is -4.10. The Hall–Kier alpha value is -3.98. The molecule has 0 aliphatic heterocycles. The molecule has 0 amide bonds. The highest BCUT2D eigenvalue weighted by Crippen LogP contribution is 2.23. The molecule has 0 aliphatic carbocycles. The van der Waals surface area contributed by atoms with Crippen LogP contribution < -0.4 is 4.72 Å². The molecule has 9 heteroatoms. The summed E-state index contributed by atoms with van der Waals surface area (Å²) in [6.45, 7) is 0.934. The van der Waals surface area contributed by atoms with Crippen LogP contribution in [0.25, 0.3) is 10.9 Å². The zero-order valence-corrected chi connectivity index (χ0v) is 18.3. The number of halogens is 1. The van der Waals surface area contributed by atoms with E-state index >= 15 is 0 Å². The molecule has 0 atom stereocenters. The zero-order chi connectivity index (χ0) is 23.6. The fraction of sp³-hybridized carbons (Fsp3) is 0.0833. The Labute approximate surface area is 189 Å². The molecule has 1 aromatic heterocycles. The van der Waals surface area contributed by atoms with Crippen molar-refractivity contribution in [2.75, 3.05) is 11.3 Å². The third-order valence-corrected chi connectivity index (χ3v) is 6.42. The van der Waals surface area contributed by atoms with Crippen molar-refractivity contribution >= 4 is 38.4 Å². The number of hydrogen-bond acceptors (Lipinski definition) is 5. The van der Waals surface area contributed by atoms with E-state index in [2.05, 4.69) is 9.71 Å². The summed E-state index contributed by atoms with van der Waals surface area (Å²) in [4.78, 5) is 28.1. The summed E-state index contributed by atoms with van der Waals surface area (Å²) in [6, 6.07) is 16.5. The quantitative estimate of drug-likeness (QED) is 0.309. The van der Waals surface area contributed by atoms with Crippen LogP contribution in [0.3, 0.4) is 0 Å². The van der Waals surface area contributed by atoms with Gasteiger partial charge in [-0.2, -0.15) is 0 Å². The summed E-state index contributed by atoms with van der Waals surface area (Å²) < 4.78 is 46.5. The van der Waals surface area contributed by atoms with Crippen molar-refractivity contribution in [2.24, 2.45) is 0 Å². The fourth-order valence-electron chi connectivity index (χ4n) is 3.33. The third kappa shape index (κ3) is 4.63. The van der Waals surface area contributed by atoms with Crippen LogP contribution in [0, 0.1) is 12.7 Å². The Kier molecular flexibility index (Phi) is 5.97. The lowest BCUT2D eigenvalue weighted by Crippen LogP contribution is -2.18. The molecule has 4 aromatic rings. The number of aromatic nitrogens is 1. The second-order valence-electron chi connectivity index (χ2n) is 7.31. The Bertz CT molecular complexity index is 1480. The minimum Gasteiger partial charge on any atom is -0.454 e. The van der Waals surface area contributed by atoms with E-state index in [1.807, 2.05) is 12.1 Å². The van der Waals surface area contributed by atoms with E-state index in [4.69, 9.17) is 4.74 Å². The predicted octanol–water partition coefficient (Wildman–Crippen LogP) is 4.46. The first-order valence-electron chi connectivity index (χ1n) is 9.91. The van der Waals surface area contributed by atoms with Gasteiger partial charge >= 0.3 is 5.97 Å². The number of rotatable bonds is 7. The summed E-state index contributed by atoms with van der Waals surface area (Å²) in [5.41, 5.74) is 1.25. The third-order valence-electron chi connectivity index (χ3n) is 5.06. The Morgan fingerprint density at radius 3 is 2.52 bits per heavy atom. The molecule has 2 N–H and O–H groups in total. The highest BCUT2D eigenvalue weighted by atomic mass is 32.2. The molecule has 0 radical (unpaired) electrons. The molecule has 1 heterocycles. The second kappa shape index (κ2) is 8.87. The number of carbonyl (C=O) groups excluding carboxylic acids is 2. The standard InChI is InChI=1S/C24H19FN2O5S/c1-15-12-16(10-11-20(15)25)33(30,31)27-22-9-5-3-7-18(22)24(29)32-14-23(28)19-13-26-21-8-4-2-6-17(19)21/h2-13,26-27H,14H2,1H3. The number of sulfonamides is 1. The summed E-state index contributed by atoms with van der Waals surface area (Å²) in [7, 11) is -4.10. The van der Waals surface area contributed by atoms with Crippen LogP contribution in [-0.2, 0) is 14.8 Å². The number of Topliss-reactive ketones (excluding diaryl/α,β-unsaturated/α-hetero) is 1. The molecule has 0 fully saturated rings. The summed E-state index contributed by atoms with van der Waals surface area (Å²) in [5.74, 6) is -1.80. The monoisotopic (exact) mass is 466 g/mol. The number of carbonyl (C=O) groups is 2. The van der Waals surface area contributed by atoms with Crippen molar-refractivity contribution in [3.05, 3.63) is 95.4 Å². The number of H-pyrrole nitrogens is 1. The highest BCUT2D eigenvalue weighted by Gasteiger charge is 2.21. The molecule has 0 bridgehead atoms. The summed E-state index contributed by atoms with van der Waals surface area (Å²) in [5, 5.41) is 0.710. The second-order valence-corrected chi connectivity index (χ2v) is 8.99. The van der Waals surface area contributed by atoms with Crippen molar-refractivity contribution < 1.29 is 27.1 Å². The van der Waals surface area contributed by atoms with Gasteiger partial charge in [-0.1, -0.05) is 30.3 Å². The molecule has 0 aliphatic rings. The van der Waals surface area contributed by atoms with Gasteiger partial charge in [-0.25, -0.2) is 17.6 Å². The number of fused-ring (bicyclic) bond motifs is 1. The lowest BCUT2D eigenvalue weighted by Gasteiger charge is -2.12. The molecule has 4 rings (SSSR count). The van der Waals surface area contributed by atoms with Crippen molar-refractivity contribution in [2.45, 2.75) is 11.8 Å². The van der Waals surface area contributed by atoms with Gasteiger partial charge in [-0.05, 0) is 48.9 Å². The van der Waals surface area contributed by atoms with Gasteiger partial charge in [-0.15, -0.1) is 0 Å². The number of aryl methyl sites for hydroxylation is 1. The van der Waals surface area contributed by atoms with E-state index < -0.39 is 34.2 Å². The first-order chi connectivity index (χ1) is 15.8. The predicted molar refractivity (Wildman–Crippen MR) is 121 cm³/mol. The molecule has 0 spiro atoms. The zero-order valence-electron chi connectivity index (χ0n) is 17.5.